The Bertz CT molecular complexity index is 427. The van der Waals surface area contributed by atoms with Gasteiger partial charge < -0.3 is 15.5 Å². The minimum atomic E-state index is -0.553. The first-order valence-corrected chi connectivity index (χ1v) is 6.81. The molecule has 4 N–H and O–H groups in total. The van der Waals surface area contributed by atoms with Crippen LogP contribution in [0.3, 0.4) is 0 Å². The summed E-state index contributed by atoms with van der Waals surface area (Å²) < 4.78 is 18.8. The lowest BCUT2D eigenvalue weighted by molar-refractivity contribution is 0.0941. The number of para-hydroxylation sites is 1. The van der Waals surface area contributed by atoms with Gasteiger partial charge in [0.1, 0.15) is 5.82 Å². The van der Waals surface area contributed by atoms with Crippen molar-refractivity contribution in [2.75, 3.05) is 25.2 Å². The van der Waals surface area contributed by atoms with E-state index in [1.54, 1.807) is 0 Å². The van der Waals surface area contributed by atoms with Crippen molar-refractivity contribution in [3.8, 4) is 0 Å². The van der Waals surface area contributed by atoms with Gasteiger partial charge >= 0.3 is 0 Å². The summed E-state index contributed by atoms with van der Waals surface area (Å²) in [5.41, 5.74) is 2.41. The number of nitrogens with two attached hydrogens (primary N) is 1. The van der Waals surface area contributed by atoms with Gasteiger partial charge in [-0.3, -0.25) is 10.6 Å². The maximum Gasteiger partial charge on any atom is 0.253 e. The van der Waals surface area contributed by atoms with Crippen molar-refractivity contribution in [2.24, 2.45) is 5.84 Å². The Hall–Kier alpha value is -1.66. The molecule has 0 spiro atoms. The van der Waals surface area contributed by atoms with Gasteiger partial charge in [0.05, 0.1) is 11.3 Å². The van der Waals surface area contributed by atoms with E-state index in [1.807, 2.05) is 0 Å². The van der Waals surface area contributed by atoms with Gasteiger partial charge in [-0.1, -0.05) is 19.4 Å². The first kappa shape index (κ1) is 16.4. The van der Waals surface area contributed by atoms with Crippen LogP contribution in [0.5, 0.6) is 0 Å². The number of anilines is 1. The van der Waals surface area contributed by atoms with Crippen molar-refractivity contribution >= 4 is 11.6 Å². The van der Waals surface area contributed by atoms with Gasteiger partial charge in [-0.25, -0.2) is 4.39 Å². The number of carbonyl (C=O) groups excluding carboxylic acids is 1. The molecular weight excluding hydrogens is 261 g/mol. The van der Waals surface area contributed by atoms with Gasteiger partial charge in [0, 0.05) is 19.8 Å². The van der Waals surface area contributed by atoms with Crippen molar-refractivity contribution in [2.45, 2.75) is 26.2 Å². The van der Waals surface area contributed by atoms with E-state index in [1.165, 1.54) is 18.2 Å². The summed E-state index contributed by atoms with van der Waals surface area (Å²) in [6, 6.07) is 4.23. The lowest BCUT2D eigenvalue weighted by Crippen LogP contribution is -2.27. The summed E-state index contributed by atoms with van der Waals surface area (Å²) in [4.78, 5) is 11.9. The Balaban J connectivity index is 2.35. The maximum atomic E-state index is 13.4. The average Bonchev–Trinajstić information content (AvgIpc) is 2.45. The fraction of sp³-hybridized carbons (Fsp3) is 0.500. The number of rotatable bonds is 9. The lowest BCUT2D eigenvalue weighted by atomic mass is 10.1. The second-order valence-corrected chi connectivity index (χ2v) is 4.38. The number of nitrogen functional groups attached to an aromatic ring is 1. The molecule has 5 nitrogen and oxygen atoms in total. The SMILES string of the molecule is CCCCOCCCNC(=O)c1cccc(F)c1NN. The molecule has 20 heavy (non-hydrogen) atoms. The van der Waals surface area contributed by atoms with E-state index in [4.69, 9.17) is 10.6 Å². The van der Waals surface area contributed by atoms with E-state index in [0.717, 1.165) is 25.9 Å². The van der Waals surface area contributed by atoms with Crippen LogP contribution >= 0.6 is 0 Å². The van der Waals surface area contributed by atoms with E-state index in [9.17, 15) is 9.18 Å². The van der Waals surface area contributed by atoms with Crippen molar-refractivity contribution in [3.63, 3.8) is 0 Å². The summed E-state index contributed by atoms with van der Waals surface area (Å²) in [6.45, 7) is 3.93. The van der Waals surface area contributed by atoms with E-state index in [0.29, 0.717) is 13.2 Å². The molecule has 0 aromatic heterocycles. The molecule has 0 saturated heterocycles. The molecule has 0 atom stereocenters. The van der Waals surface area contributed by atoms with Gasteiger partial charge in [0.15, 0.2) is 0 Å². The zero-order valence-electron chi connectivity index (χ0n) is 11.7. The lowest BCUT2D eigenvalue weighted by Gasteiger charge is -2.10. The molecule has 112 valence electrons. The summed E-state index contributed by atoms with van der Waals surface area (Å²) in [5.74, 6) is 4.31. The van der Waals surface area contributed by atoms with Gasteiger partial charge in [0.2, 0.25) is 0 Å². The smallest absolute Gasteiger partial charge is 0.253 e. The minimum absolute atomic E-state index is 0.00388. The number of amides is 1. The fourth-order valence-electron chi connectivity index (χ4n) is 1.68. The maximum absolute atomic E-state index is 13.4. The minimum Gasteiger partial charge on any atom is -0.381 e. The Morgan fingerprint density at radius 3 is 2.80 bits per heavy atom. The molecule has 0 fully saturated rings. The predicted molar refractivity (Wildman–Crippen MR) is 76.9 cm³/mol. The molecule has 0 radical (unpaired) electrons. The third kappa shape index (κ3) is 5.14. The zero-order valence-corrected chi connectivity index (χ0v) is 11.7. The van der Waals surface area contributed by atoms with Gasteiger partial charge in [-0.15, -0.1) is 0 Å². The summed E-state index contributed by atoms with van der Waals surface area (Å²) in [6.07, 6.45) is 2.86. The summed E-state index contributed by atoms with van der Waals surface area (Å²) in [5, 5.41) is 2.71. The predicted octanol–water partition coefficient (Wildman–Crippen LogP) is 2.05. The molecule has 0 unspecified atom stereocenters. The molecule has 1 aromatic carbocycles. The molecule has 1 amide bonds. The quantitative estimate of drug-likeness (QED) is 0.368. The van der Waals surface area contributed by atoms with Crippen LogP contribution in [0.25, 0.3) is 0 Å². The Morgan fingerprint density at radius 1 is 1.35 bits per heavy atom. The van der Waals surface area contributed by atoms with E-state index in [-0.39, 0.29) is 17.2 Å². The molecule has 0 aliphatic carbocycles. The molecule has 0 bridgehead atoms. The van der Waals surface area contributed by atoms with Crippen molar-refractivity contribution in [1.82, 2.24) is 5.32 Å². The van der Waals surface area contributed by atoms with Crippen molar-refractivity contribution in [3.05, 3.63) is 29.6 Å². The summed E-state index contributed by atoms with van der Waals surface area (Å²) >= 11 is 0. The van der Waals surface area contributed by atoms with E-state index >= 15 is 0 Å². The number of nitrogens with one attached hydrogen (secondary N) is 2. The number of hydrazine groups is 1. The van der Waals surface area contributed by atoms with Gasteiger partial charge in [0.25, 0.3) is 5.91 Å². The Kier molecular flexibility index (Phi) is 7.60. The highest BCUT2D eigenvalue weighted by molar-refractivity contribution is 5.99. The number of carbonyl (C=O) groups is 1. The first-order chi connectivity index (χ1) is 9.70. The normalized spacial score (nSPS) is 10.3. The molecule has 0 aliphatic rings. The van der Waals surface area contributed by atoms with Crippen LogP contribution < -0.4 is 16.6 Å². The molecular formula is C14H22FN3O2. The van der Waals surface area contributed by atoms with Crippen LogP contribution in [0, 0.1) is 5.82 Å². The highest BCUT2D eigenvalue weighted by atomic mass is 19.1. The van der Waals surface area contributed by atoms with Crippen LogP contribution in [0.1, 0.15) is 36.5 Å². The molecule has 1 aromatic rings. The second kappa shape index (κ2) is 9.28. The summed E-state index contributed by atoms with van der Waals surface area (Å²) in [7, 11) is 0. The van der Waals surface area contributed by atoms with Crippen LogP contribution in [-0.2, 0) is 4.74 Å². The largest absolute Gasteiger partial charge is 0.381 e. The monoisotopic (exact) mass is 283 g/mol. The van der Waals surface area contributed by atoms with Crippen molar-refractivity contribution < 1.29 is 13.9 Å². The highest BCUT2D eigenvalue weighted by Gasteiger charge is 2.13. The first-order valence-electron chi connectivity index (χ1n) is 6.81. The molecule has 0 aliphatic heterocycles. The van der Waals surface area contributed by atoms with Crippen LogP contribution in [0.4, 0.5) is 10.1 Å². The number of hydrogen-bond donors (Lipinski definition) is 3. The Morgan fingerprint density at radius 2 is 2.10 bits per heavy atom. The van der Waals surface area contributed by atoms with Crippen LogP contribution in [0.15, 0.2) is 18.2 Å². The number of hydrogen-bond acceptors (Lipinski definition) is 4. The second-order valence-electron chi connectivity index (χ2n) is 4.38. The third-order valence-electron chi connectivity index (χ3n) is 2.80. The molecule has 0 heterocycles. The number of halogens is 1. The fourth-order valence-corrected chi connectivity index (χ4v) is 1.68. The van der Waals surface area contributed by atoms with Crippen LogP contribution in [0.2, 0.25) is 0 Å². The molecule has 1 rings (SSSR count). The van der Waals surface area contributed by atoms with Crippen molar-refractivity contribution in [1.29, 1.82) is 0 Å². The number of benzene rings is 1. The number of unbranched alkanes of at least 4 members (excludes halogenated alkanes) is 1. The third-order valence-corrected chi connectivity index (χ3v) is 2.80. The van der Waals surface area contributed by atoms with E-state index in [2.05, 4.69) is 17.7 Å². The Labute approximate surface area is 118 Å². The average molecular weight is 283 g/mol. The molecule has 0 saturated carbocycles. The topological polar surface area (TPSA) is 76.4 Å². The van der Waals surface area contributed by atoms with E-state index < -0.39 is 5.82 Å². The zero-order chi connectivity index (χ0) is 14.8. The van der Waals surface area contributed by atoms with Crippen LogP contribution in [-0.4, -0.2) is 25.7 Å². The molecule has 6 heteroatoms. The number of ether oxygens (including phenoxy) is 1. The van der Waals surface area contributed by atoms with Gasteiger partial charge in [-0.2, -0.15) is 0 Å². The highest BCUT2D eigenvalue weighted by Crippen LogP contribution is 2.18. The van der Waals surface area contributed by atoms with Gasteiger partial charge in [-0.05, 0) is 25.0 Å². The standard InChI is InChI=1S/C14H22FN3O2/c1-2-3-9-20-10-5-8-17-14(19)11-6-4-7-12(15)13(11)18-16/h4,6-7,18H,2-3,5,8-10,16H2,1H3,(H,17,19).